The summed E-state index contributed by atoms with van der Waals surface area (Å²) in [5.74, 6) is -0.307. The van der Waals surface area contributed by atoms with Crippen molar-refractivity contribution in [1.29, 1.82) is 0 Å². The van der Waals surface area contributed by atoms with E-state index in [4.69, 9.17) is 10.5 Å². The summed E-state index contributed by atoms with van der Waals surface area (Å²) in [6.07, 6.45) is 1.37. The van der Waals surface area contributed by atoms with E-state index in [1.807, 2.05) is 20.8 Å². The fourth-order valence-corrected chi connectivity index (χ4v) is 2.60. The number of anilines is 1. The number of rotatable bonds is 1. The molecule has 1 amide bonds. The third-order valence-electron chi connectivity index (χ3n) is 3.54. The Labute approximate surface area is 125 Å². The number of benzene rings is 1. The number of hydrogen-bond acceptors (Lipinski definition) is 3. The Morgan fingerprint density at radius 2 is 2.14 bits per heavy atom. The minimum Gasteiger partial charge on any atom is -0.444 e. The zero-order valence-electron chi connectivity index (χ0n) is 12.9. The maximum absolute atomic E-state index is 14.0. The predicted molar refractivity (Wildman–Crippen MR) is 80.6 cm³/mol. The normalized spacial score (nSPS) is 19.4. The molecule has 1 saturated heterocycles. The minimum absolute atomic E-state index is 0.00753. The lowest BCUT2D eigenvalue weighted by atomic mass is 9.90. The van der Waals surface area contributed by atoms with Crippen molar-refractivity contribution in [2.24, 2.45) is 0 Å². The van der Waals surface area contributed by atoms with Crippen molar-refractivity contribution in [3.63, 3.8) is 0 Å². The van der Waals surface area contributed by atoms with Crippen LogP contribution in [0.15, 0.2) is 18.2 Å². The summed E-state index contributed by atoms with van der Waals surface area (Å²) in [5.41, 5.74) is 6.10. The molecule has 1 atom stereocenters. The number of nitrogen functional groups attached to an aromatic ring is 1. The van der Waals surface area contributed by atoms with Gasteiger partial charge in [0.15, 0.2) is 0 Å². The van der Waals surface area contributed by atoms with Crippen LogP contribution in [-0.4, -0.2) is 29.7 Å². The molecule has 2 rings (SSSR count). The number of nitrogens with zero attached hydrogens (tertiary/aromatic N) is 1. The summed E-state index contributed by atoms with van der Waals surface area (Å²) >= 11 is 0. The Bertz CT molecular complexity index is 525. The van der Waals surface area contributed by atoms with E-state index in [1.54, 1.807) is 17.0 Å². The van der Waals surface area contributed by atoms with Crippen LogP contribution in [0.1, 0.15) is 45.1 Å². The predicted octanol–water partition coefficient (Wildman–Crippen LogP) is 3.52. The zero-order valence-corrected chi connectivity index (χ0v) is 12.9. The van der Waals surface area contributed by atoms with Crippen LogP contribution in [0.25, 0.3) is 0 Å². The number of likely N-dealkylation sites (tertiary alicyclic amines) is 1. The van der Waals surface area contributed by atoms with Gasteiger partial charge in [0.25, 0.3) is 0 Å². The average molecular weight is 294 g/mol. The Kier molecular flexibility index (Phi) is 4.40. The van der Waals surface area contributed by atoms with Crippen molar-refractivity contribution in [2.45, 2.75) is 45.1 Å². The van der Waals surface area contributed by atoms with Gasteiger partial charge in [0.05, 0.1) is 0 Å². The Balaban J connectivity index is 2.08. The van der Waals surface area contributed by atoms with Gasteiger partial charge in [0, 0.05) is 24.7 Å². The molecule has 2 N–H and O–H groups in total. The second-order valence-electron chi connectivity index (χ2n) is 6.55. The summed E-state index contributed by atoms with van der Waals surface area (Å²) < 4.78 is 19.4. The quantitative estimate of drug-likeness (QED) is 0.806. The number of piperidine rings is 1. The monoisotopic (exact) mass is 294 g/mol. The lowest BCUT2D eigenvalue weighted by Gasteiger charge is -2.34. The number of ether oxygens (including phenoxy) is 1. The highest BCUT2D eigenvalue weighted by Gasteiger charge is 2.29. The van der Waals surface area contributed by atoms with Crippen LogP contribution < -0.4 is 5.73 Å². The van der Waals surface area contributed by atoms with Gasteiger partial charge in [0.2, 0.25) is 0 Å². The highest BCUT2D eigenvalue weighted by molar-refractivity contribution is 5.68. The molecule has 1 unspecified atom stereocenters. The van der Waals surface area contributed by atoms with Crippen LogP contribution in [0.2, 0.25) is 0 Å². The molecule has 1 aromatic rings. The van der Waals surface area contributed by atoms with Crippen LogP contribution >= 0.6 is 0 Å². The fraction of sp³-hybridized carbons (Fsp3) is 0.562. The van der Waals surface area contributed by atoms with E-state index in [0.29, 0.717) is 24.3 Å². The lowest BCUT2D eigenvalue weighted by Crippen LogP contribution is -2.42. The van der Waals surface area contributed by atoms with E-state index < -0.39 is 5.60 Å². The van der Waals surface area contributed by atoms with Gasteiger partial charge in [-0.2, -0.15) is 0 Å². The van der Waals surface area contributed by atoms with E-state index in [9.17, 15) is 9.18 Å². The van der Waals surface area contributed by atoms with Gasteiger partial charge in [-0.05, 0) is 51.3 Å². The van der Waals surface area contributed by atoms with E-state index >= 15 is 0 Å². The van der Waals surface area contributed by atoms with E-state index in [-0.39, 0.29) is 17.8 Å². The third-order valence-corrected chi connectivity index (χ3v) is 3.54. The number of hydrogen-bond donors (Lipinski definition) is 1. The molecule has 4 nitrogen and oxygen atoms in total. The van der Waals surface area contributed by atoms with Crippen LogP contribution in [-0.2, 0) is 4.74 Å². The topological polar surface area (TPSA) is 55.6 Å². The lowest BCUT2D eigenvalue weighted by molar-refractivity contribution is 0.0197. The molecule has 0 spiro atoms. The van der Waals surface area contributed by atoms with Crippen molar-refractivity contribution in [3.8, 4) is 0 Å². The molecular weight excluding hydrogens is 271 g/mol. The van der Waals surface area contributed by atoms with Crippen LogP contribution in [0.3, 0.4) is 0 Å². The summed E-state index contributed by atoms with van der Waals surface area (Å²) in [5, 5.41) is 0. The maximum Gasteiger partial charge on any atom is 0.410 e. The molecule has 21 heavy (non-hydrogen) atoms. The minimum atomic E-state index is -0.517. The first-order chi connectivity index (χ1) is 9.76. The van der Waals surface area contributed by atoms with Crippen molar-refractivity contribution >= 4 is 11.8 Å². The van der Waals surface area contributed by atoms with Crippen molar-refractivity contribution in [2.75, 3.05) is 18.8 Å². The van der Waals surface area contributed by atoms with E-state index in [2.05, 4.69) is 0 Å². The zero-order chi connectivity index (χ0) is 15.6. The number of carbonyl (C=O) groups excluding carboxylic acids is 1. The SMILES string of the molecule is CC(C)(C)OC(=O)N1CCCC(c2ccc(N)cc2F)C1. The van der Waals surface area contributed by atoms with Gasteiger partial charge in [-0.3, -0.25) is 0 Å². The molecule has 1 fully saturated rings. The summed E-state index contributed by atoms with van der Waals surface area (Å²) in [7, 11) is 0. The number of halogens is 1. The molecule has 0 saturated carbocycles. The molecule has 0 bridgehead atoms. The molecule has 1 aliphatic rings. The molecule has 0 aliphatic carbocycles. The molecule has 5 heteroatoms. The van der Waals surface area contributed by atoms with Gasteiger partial charge >= 0.3 is 6.09 Å². The molecular formula is C16H23FN2O2. The number of amides is 1. The van der Waals surface area contributed by atoms with Gasteiger partial charge < -0.3 is 15.4 Å². The van der Waals surface area contributed by atoms with Crippen molar-refractivity contribution in [3.05, 3.63) is 29.6 Å². The summed E-state index contributed by atoms with van der Waals surface area (Å²) in [6.45, 7) is 6.65. The molecule has 0 aromatic heterocycles. The molecule has 1 aromatic carbocycles. The summed E-state index contributed by atoms with van der Waals surface area (Å²) in [4.78, 5) is 13.8. The van der Waals surface area contributed by atoms with Gasteiger partial charge in [-0.25, -0.2) is 9.18 Å². The van der Waals surface area contributed by atoms with Gasteiger partial charge in [0.1, 0.15) is 11.4 Å². The van der Waals surface area contributed by atoms with Gasteiger partial charge in [-0.15, -0.1) is 0 Å². The average Bonchev–Trinajstić information content (AvgIpc) is 2.37. The molecule has 0 radical (unpaired) electrons. The highest BCUT2D eigenvalue weighted by atomic mass is 19.1. The first-order valence-corrected chi connectivity index (χ1v) is 7.29. The van der Waals surface area contributed by atoms with Gasteiger partial charge in [-0.1, -0.05) is 6.07 Å². The van der Waals surface area contributed by atoms with Crippen molar-refractivity contribution in [1.82, 2.24) is 4.90 Å². The first-order valence-electron chi connectivity index (χ1n) is 7.29. The molecule has 116 valence electrons. The molecule has 1 heterocycles. The second kappa shape index (κ2) is 5.92. The Morgan fingerprint density at radius 3 is 2.76 bits per heavy atom. The van der Waals surface area contributed by atoms with E-state index in [0.717, 1.165) is 12.8 Å². The van der Waals surface area contributed by atoms with Crippen LogP contribution in [0, 0.1) is 5.82 Å². The van der Waals surface area contributed by atoms with Crippen LogP contribution in [0.5, 0.6) is 0 Å². The number of carbonyl (C=O) groups is 1. The summed E-state index contributed by atoms with van der Waals surface area (Å²) in [6, 6.07) is 4.75. The maximum atomic E-state index is 14.0. The first kappa shape index (κ1) is 15.6. The Hall–Kier alpha value is -1.78. The largest absolute Gasteiger partial charge is 0.444 e. The van der Waals surface area contributed by atoms with Crippen LogP contribution in [0.4, 0.5) is 14.9 Å². The smallest absolute Gasteiger partial charge is 0.410 e. The third kappa shape index (κ3) is 4.09. The number of nitrogens with two attached hydrogens (primary N) is 1. The highest BCUT2D eigenvalue weighted by Crippen LogP contribution is 2.30. The molecule has 1 aliphatic heterocycles. The fourth-order valence-electron chi connectivity index (χ4n) is 2.60. The van der Waals surface area contributed by atoms with E-state index in [1.165, 1.54) is 6.07 Å². The Morgan fingerprint density at radius 1 is 1.43 bits per heavy atom. The van der Waals surface area contributed by atoms with Crippen molar-refractivity contribution < 1.29 is 13.9 Å². The second-order valence-corrected chi connectivity index (χ2v) is 6.55. The standard InChI is InChI=1S/C16H23FN2O2/c1-16(2,3)21-15(20)19-8-4-5-11(10-19)13-7-6-12(18)9-14(13)17/h6-7,9,11H,4-5,8,10,18H2,1-3H3.